The number of hydrogen-bond donors (Lipinski definition) is 2. The smallest absolute Gasteiger partial charge is 0.308 e. The number of nitrogens with zero attached hydrogens (tertiary/aromatic N) is 1. The Morgan fingerprint density at radius 2 is 2.12 bits per heavy atom. The highest BCUT2D eigenvalue weighted by Gasteiger charge is 2.54. The zero-order valence-electron chi connectivity index (χ0n) is 9.99. The molecule has 2 amide bonds. The van der Waals surface area contributed by atoms with Crippen molar-refractivity contribution in [3.05, 3.63) is 0 Å². The van der Waals surface area contributed by atoms with E-state index in [2.05, 4.69) is 5.32 Å². The molecule has 0 aromatic carbocycles. The maximum absolute atomic E-state index is 11.8. The third-order valence-electron chi connectivity index (χ3n) is 3.40. The number of rotatable bonds is 1. The molecule has 2 aliphatic heterocycles. The Kier molecular flexibility index (Phi) is 2.68. The fourth-order valence-corrected chi connectivity index (χ4v) is 4.69. The average Bonchev–Trinajstić information content (AvgIpc) is 2.35. The van der Waals surface area contributed by atoms with E-state index >= 15 is 0 Å². The molecule has 2 N–H and O–H groups in total. The molecule has 0 radical (unpaired) electrons. The number of nitrogens with one attached hydrogen (secondary N) is 2. The lowest BCUT2D eigenvalue weighted by atomic mass is 9.92. The van der Waals surface area contributed by atoms with Crippen molar-refractivity contribution < 1.29 is 13.2 Å². The molecule has 0 aliphatic carbocycles. The monoisotopic (exact) mass is 259 g/mol. The van der Waals surface area contributed by atoms with Crippen LogP contribution in [0.5, 0.6) is 0 Å². The molecule has 1 spiro atoms. The van der Waals surface area contributed by atoms with Crippen molar-refractivity contribution >= 4 is 21.7 Å². The van der Waals surface area contributed by atoms with Crippen LogP contribution < -0.4 is 5.32 Å². The number of amides is 2. The fourth-order valence-electron chi connectivity index (χ4n) is 2.81. The molecular formula is C10H17N3O3S. The first kappa shape index (κ1) is 12.3. The molecule has 2 rings (SSSR count). The van der Waals surface area contributed by atoms with Gasteiger partial charge in [-0.15, -0.1) is 0 Å². The summed E-state index contributed by atoms with van der Waals surface area (Å²) in [5.41, 5.74) is -0.956. The number of carbonyl (C=O) groups excluding carboxylic acids is 1. The molecule has 96 valence electrons. The highest BCUT2D eigenvalue weighted by Crippen LogP contribution is 2.34. The fraction of sp³-hybridized carbons (Fsp3) is 0.800. The van der Waals surface area contributed by atoms with Crippen LogP contribution in [-0.2, 0) is 9.84 Å². The van der Waals surface area contributed by atoms with Gasteiger partial charge in [-0.25, -0.2) is 13.2 Å². The van der Waals surface area contributed by atoms with Crippen LogP contribution in [0, 0.1) is 5.41 Å². The van der Waals surface area contributed by atoms with Gasteiger partial charge in [0.2, 0.25) is 0 Å². The third-order valence-corrected chi connectivity index (χ3v) is 5.23. The molecule has 0 aromatic heterocycles. The maximum Gasteiger partial charge on any atom is 0.323 e. The molecule has 7 heteroatoms. The lowest BCUT2D eigenvalue weighted by Gasteiger charge is -2.41. The van der Waals surface area contributed by atoms with Crippen molar-refractivity contribution in [3.63, 3.8) is 0 Å². The number of carbonyl (C=O) groups is 1. The second-order valence-corrected chi connectivity index (χ2v) is 7.18. The van der Waals surface area contributed by atoms with Crippen LogP contribution in [0.4, 0.5) is 4.79 Å². The summed E-state index contributed by atoms with van der Waals surface area (Å²) in [7, 11) is -3.17. The van der Waals surface area contributed by atoms with Crippen molar-refractivity contribution in [1.82, 2.24) is 10.2 Å². The molecule has 1 atom stereocenters. The van der Waals surface area contributed by atoms with E-state index in [1.807, 2.05) is 13.8 Å². The van der Waals surface area contributed by atoms with Crippen molar-refractivity contribution in [2.75, 3.05) is 11.5 Å². The molecule has 0 saturated carbocycles. The number of hydrogen-bond acceptors (Lipinski definition) is 4. The van der Waals surface area contributed by atoms with Crippen LogP contribution in [0.2, 0.25) is 0 Å². The topological polar surface area (TPSA) is 90.3 Å². The molecule has 2 saturated heterocycles. The largest absolute Gasteiger partial charge is 0.323 e. The van der Waals surface area contributed by atoms with E-state index in [1.165, 1.54) is 4.90 Å². The van der Waals surface area contributed by atoms with Crippen LogP contribution in [0.15, 0.2) is 0 Å². The van der Waals surface area contributed by atoms with Crippen LogP contribution >= 0.6 is 0 Å². The Balaban J connectivity index is 2.46. The summed E-state index contributed by atoms with van der Waals surface area (Å²) in [6.45, 7) is 3.67. The lowest BCUT2D eigenvalue weighted by molar-refractivity contribution is 0.151. The van der Waals surface area contributed by atoms with Gasteiger partial charge in [0, 0.05) is 6.04 Å². The average molecular weight is 259 g/mol. The quantitative estimate of drug-likeness (QED) is 0.711. The first-order chi connectivity index (χ1) is 7.78. The van der Waals surface area contributed by atoms with Crippen molar-refractivity contribution in [2.45, 2.75) is 38.3 Å². The second kappa shape index (κ2) is 3.69. The van der Waals surface area contributed by atoms with E-state index in [0.29, 0.717) is 12.8 Å². The van der Waals surface area contributed by atoms with E-state index in [4.69, 9.17) is 5.41 Å². The molecule has 6 nitrogen and oxygen atoms in total. The van der Waals surface area contributed by atoms with E-state index in [1.54, 1.807) is 0 Å². The minimum atomic E-state index is -3.17. The standard InChI is InChI=1S/C10H17N3O3S/c1-7(2)13-9(14)12-8(11)10(13)4-3-5-17(15,16)6-10/h7H,3-6H2,1-2H3,(H2,11,12,14). The van der Waals surface area contributed by atoms with Crippen molar-refractivity contribution in [3.8, 4) is 0 Å². The lowest BCUT2D eigenvalue weighted by Crippen LogP contribution is -2.58. The van der Waals surface area contributed by atoms with E-state index in [0.717, 1.165) is 0 Å². The van der Waals surface area contributed by atoms with Gasteiger partial charge >= 0.3 is 6.03 Å². The summed E-state index contributed by atoms with van der Waals surface area (Å²) in [4.78, 5) is 13.3. The van der Waals surface area contributed by atoms with Gasteiger partial charge in [-0.2, -0.15) is 0 Å². The van der Waals surface area contributed by atoms with Crippen LogP contribution in [-0.4, -0.2) is 48.3 Å². The number of sulfone groups is 1. The predicted octanol–water partition coefficient (Wildman–Crippen LogP) is 0.345. The zero-order valence-corrected chi connectivity index (χ0v) is 10.8. The second-order valence-electron chi connectivity index (χ2n) is 5.00. The normalized spacial score (nSPS) is 32.3. The van der Waals surface area contributed by atoms with E-state index in [-0.39, 0.29) is 29.4 Å². The van der Waals surface area contributed by atoms with Crippen molar-refractivity contribution in [2.24, 2.45) is 0 Å². The van der Waals surface area contributed by atoms with Gasteiger partial charge in [-0.05, 0) is 26.7 Å². The highest BCUT2D eigenvalue weighted by molar-refractivity contribution is 7.91. The predicted molar refractivity (Wildman–Crippen MR) is 63.9 cm³/mol. The van der Waals surface area contributed by atoms with Crippen LogP contribution in [0.1, 0.15) is 26.7 Å². The van der Waals surface area contributed by atoms with Crippen LogP contribution in [0.25, 0.3) is 0 Å². The summed E-state index contributed by atoms with van der Waals surface area (Å²) in [6, 6.07) is -0.478. The zero-order chi connectivity index (χ0) is 12.8. The molecule has 2 fully saturated rings. The van der Waals surface area contributed by atoms with Gasteiger partial charge in [-0.3, -0.25) is 10.7 Å². The highest BCUT2D eigenvalue weighted by atomic mass is 32.2. The van der Waals surface area contributed by atoms with E-state index < -0.39 is 15.4 Å². The first-order valence-corrected chi connectivity index (χ1v) is 7.50. The Hall–Kier alpha value is -1.11. The SMILES string of the molecule is CC(C)N1C(=O)NC(=N)C12CCCS(=O)(=O)C2. The molecule has 2 heterocycles. The minimum Gasteiger partial charge on any atom is -0.308 e. The number of amidine groups is 1. The maximum atomic E-state index is 11.8. The third kappa shape index (κ3) is 1.82. The Morgan fingerprint density at radius 3 is 2.65 bits per heavy atom. The minimum absolute atomic E-state index is 0.0273. The molecular weight excluding hydrogens is 242 g/mol. The van der Waals surface area contributed by atoms with Gasteiger partial charge in [0.05, 0.1) is 11.5 Å². The Labute approximate surface area is 101 Å². The van der Waals surface area contributed by atoms with Gasteiger partial charge in [0.25, 0.3) is 0 Å². The van der Waals surface area contributed by atoms with Gasteiger partial charge in [0.15, 0.2) is 9.84 Å². The Bertz CT molecular complexity index is 471. The molecule has 2 aliphatic rings. The summed E-state index contributed by atoms with van der Waals surface area (Å²) >= 11 is 0. The van der Waals surface area contributed by atoms with Crippen molar-refractivity contribution in [1.29, 1.82) is 5.41 Å². The summed E-state index contributed by atoms with van der Waals surface area (Å²) in [5.74, 6) is 0.0530. The molecule has 17 heavy (non-hydrogen) atoms. The van der Waals surface area contributed by atoms with Gasteiger partial charge < -0.3 is 4.90 Å². The summed E-state index contributed by atoms with van der Waals surface area (Å²) in [5, 5.41) is 10.3. The Morgan fingerprint density at radius 1 is 1.47 bits per heavy atom. The van der Waals surface area contributed by atoms with Gasteiger partial charge in [-0.1, -0.05) is 0 Å². The van der Waals surface area contributed by atoms with E-state index in [9.17, 15) is 13.2 Å². The van der Waals surface area contributed by atoms with Crippen LogP contribution in [0.3, 0.4) is 0 Å². The molecule has 0 bridgehead atoms. The van der Waals surface area contributed by atoms with Gasteiger partial charge in [0.1, 0.15) is 11.4 Å². The summed E-state index contributed by atoms with van der Waals surface area (Å²) < 4.78 is 23.5. The molecule has 1 unspecified atom stereocenters. The number of urea groups is 1. The summed E-state index contributed by atoms with van der Waals surface area (Å²) in [6.07, 6.45) is 1.05. The molecule has 0 aromatic rings. The first-order valence-electron chi connectivity index (χ1n) is 5.68.